The third-order valence-electron chi connectivity index (χ3n) is 3.73. The van der Waals surface area contributed by atoms with E-state index in [0.717, 1.165) is 19.0 Å². The van der Waals surface area contributed by atoms with Gasteiger partial charge in [-0.2, -0.15) is 4.98 Å². The van der Waals surface area contributed by atoms with Gasteiger partial charge in [-0.1, -0.05) is 12.8 Å². The third kappa shape index (κ3) is 2.44. The molecule has 1 aromatic rings. The minimum atomic E-state index is -0.0526. The van der Waals surface area contributed by atoms with E-state index in [1.54, 1.807) is 0 Å². The Morgan fingerprint density at radius 1 is 1.18 bits per heavy atom. The van der Waals surface area contributed by atoms with Gasteiger partial charge in [0.25, 0.3) is 5.95 Å². The number of nitrogens with zero attached hydrogens (tertiary/aromatic N) is 3. The van der Waals surface area contributed by atoms with Crippen LogP contribution in [0.25, 0.3) is 0 Å². The van der Waals surface area contributed by atoms with Crippen molar-refractivity contribution < 1.29 is 4.52 Å². The van der Waals surface area contributed by atoms with Crippen molar-refractivity contribution in [2.45, 2.75) is 44.6 Å². The van der Waals surface area contributed by atoms with Crippen LogP contribution in [-0.4, -0.2) is 23.2 Å². The summed E-state index contributed by atoms with van der Waals surface area (Å²) in [5.74, 6) is 1.91. The maximum atomic E-state index is 6.06. The third-order valence-corrected chi connectivity index (χ3v) is 3.73. The molecule has 1 saturated carbocycles. The molecule has 2 heterocycles. The average molecular weight is 236 g/mol. The van der Waals surface area contributed by atoms with Crippen molar-refractivity contribution >= 4 is 5.95 Å². The fourth-order valence-electron chi connectivity index (χ4n) is 2.42. The lowest BCUT2D eigenvalue weighted by atomic mass is 10.2. The molecule has 0 amide bonds. The molecule has 1 aliphatic carbocycles. The second-order valence-electron chi connectivity index (χ2n) is 5.20. The molecule has 1 unspecified atom stereocenters. The lowest BCUT2D eigenvalue weighted by Gasteiger charge is -2.16. The number of aromatic nitrogens is 2. The van der Waals surface area contributed by atoms with E-state index < -0.39 is 0 Å². The zero-order valence-electron chi connectivity index (χ0n) is 10.1. The largest absolute Gasteiger partial charge is 0.338 e. The zero-order valence-corrected chi connectivity index (χ0v) is 10.1. The second kappa shape index (κ2) is 4.64. The Balaban J connectivity index is 1.69. The molecule has 0 radical (unpaired) electrons. The van der Waals surface area contributed by atoms with Crippen LogP contribution in [0.1, 0.15) is 50.5 Å². The molecule has 1 aliphatic heterocycles. The van der Waals surface area contributed by atoms with Crippen molar-refractivity contribution in [2.75, 3.05) is 18.0 Å². The first-order valence-corrected chi connectivity index (χ1v) is 6.69. The average Bonchev–Trinajstić information content (AvgIpc) is 3.12. The Bertz CT molecular complexity index is 366. The monoisotopic (exact) mass is 236 g/mol. The lowest BCUT2D eigenvalue weighted by molar-refractivity contribution is 0.342. The summed E-state index contributed by atoms with van der Waals surface area (Å²) >= 11 is 0. The van der Waals surface area contributed by atoms with Crippen LogP contribution >= 0.6 is 0 Å². The lowest BCUT2D eigenvalue weighted by Crippen LogP contribution is -2.25. The predicted octanol–water partition coefficient (Wildman–Crippen LogP) is 1.86. The number of rotatable bonds is 3. The fourth-order valence-corrected chi connectivity index (χ4v) is 2.42. The Kier molecular flexibility index (Phi) is 3.01. The van der Waals surface area contributed by atoms with Gasteiger partial charge in [0, 0.05) is 13.1 Å². The minimum absolute atomic E-state index is 0.0526. The summed E-state index contributed by atoms with van der Waals surface area (Å²) in [5, 5.41) is 4.07. The van der Waals surface area contributed by atoms with Crippen molar-refractivity contribution in [2.24, 2.45) is 11.7 Å². The van der Waals surface area contributed by atoms with Gasteiger partial charge in [0.2, 0.25) is 5.89 Å². The highest BCUT2D eigenvalue weighted by Gasteiger charge is 2.33. The topological polar surface area (TPSA) is 68.2 Å². The molecule has 5 heteroatoms. The quantitative estimate of drug-likeness (QED) is 0.867. The summed E-state index contributed by atoms with van der Waals surface area (Å²) < 4.78 is 5.29. The summed E-state index contributed by atoms with van der Waals surface area (Å²) in [6, 6.07) is -0.0526. The van der Waals surface area contributed by atoms with Crippen LogP contribution in [0.4, 0.5) is 5.95 Å². The van der Waals surface area contributed by atoms with Gasteiger partial charge in [-0.25, -0.2) is 0 Å². The zero-order chi connectivity index (χ0) is 11.7. The molecule has 94 valence electrons. The van der Waals surface area contributed by atoms with Gasteiger partial charge < -0.3 is 15.2 Å². The number of hydrogen-bond acceptors (Lipinski definition) is 5. The van der Waals surface area contributed by atoms with E-state index >= 15 is 0 Å². The summed E-state index contributed by atoms with van der Waals surface area (Å²) in [5.41, 5.74) is 6.06. The molecular weight excluding hydrogens is 216 g/mol. The highest BCUT2D eigenvalue weighted by Crippen LogP contribution is 2.39. The first-order valence-electron chi connectivity index (χ1n) is 6.69. The van der Waals surface area contributed by atoms with Crippen molar-refractivity contribution in [3.05, 3.63) is 5.89 Å². The first-order chi connectivity index (χ1) is 8.34. The highest BCUT2D eigenvalue weighted by atomic mass is 16.5. The molecule has 5 nitrogen and oxygen atoms in total. The van der Waals surface area contributed by atoms with Crippen LogP contribution in [0.5, 0.6) is 0 Å². The molecule has 0 bridgehead atoms. The summed E-state index contributed by atoms with van der Waals surface area (Å²) in [7, 11) is 0. The van der Waals surface area contributed by atoms with Gasteiger partial charge in [0.15, 0.2) is 0 Å². The van der Waals surface area contributed by atoms with Gasteiger partial charge in [0.05, 0.1) is 6.04 Å². The van der Waals surface area contributed by atoms with Crippen molar-refractivity contribution in [1.29, 1.82) is 0 Å². The number of anilines is 1. The van der Waals surface area contributed by atoms with Gasteiger partial charge in [0.1, 0.15) is 0 Å². The highest BCUT2D eigenvalue weighted by molar-refractivity contribution is 5.28. The van der Waals surface area contributed by atoms with E-state index in [1.165, 1.54) is 38.5 Å². The summed E-state index contributed by atoms with van der Waals surface area (Å²) in [4.78, 5) is 6.68. The Labute approximate surface area is 101 Å². The molecule has 0 spiro atoms. The van der Waals surface area contributed by atoms with E-state index in [9.17, 15) is 0 Å². The van der Waals surface area contributed by atoms with E-state index in [2.05, 4.69) is 15.0 Å². The molecule has 2 N–H and O–H groups in total. The number of hydrogen-bond donors (Lipinski definition) is 1. The normalized spacial score (nSPS) is 23.5. The van der Waals surface area contributed by atoms with Gasteiger partial charge >= 0.3 is 0 Å². The van der Waals surface area contributed by atoms with Crippen LogP contribution in [0.2, 0.25) is 0 Å². The van der Waals surface area contributed by atoms with Gasteiger partial charge in [-0.3, -0.25) is 0 Å². The van der Waals surface area contributed by atoms with Crippen LogP contribution in [-0.2, 0) is 0 Å². The van der Waals surface area contributed by atoms with Gasteiger partial charge in [-0.15, -0.1) is 0 Å². The molecular formula is C12H20N4O. The Hall–Kier alpha value is -1.10. The Morgan fingerprint density at radius 2 is 1.88 bits per heavy atom. The van der Waals surface area contributed by atoms with Gasteiger partial charge in [-0.05, 0) is 36.8 Å². The molecule has 1 aromatic heterocycles. The smallest absolute Gasteiger partial charge is 0.266 e. The summed E-state index contributed by atoms with van der Waals surface area (Å²) in [6.45, 7) is 2.08. The number of nitrogens with two attached hydrogens (primary N) is 1. The van der Waals surface area contributed by atoms with E-state index in [1.807, 2.05) is 0 Å². The molecule has 2 aliphatic rings. The van der Waals surface area contributed by atoms with Crippen LogP contribution < -0.4 is 10.6 Å². The van der Waals surface area contributed by atoms with Crippen molar-refractivity contribution in [3.63, 3.8) is 0 Å². The molecule has 0 aromatic carbocycles. The predicted molar refractivity (Wildman–Crippen MR) is 64.6 cm³/mol. The van der Waals surface area contributed by atoms with Crippen molar-refractivity contribution in [1.82, 2.24) is 10.1 Å². The Morgan fingerprint density at radius 3 is 2.53 bits per heavy atom. The maximum absolute atomic E-state index is 6.06. The van der Waals surface area contributed by atoms with Crippen LogP contribution in [0.3, 0.4) is 0 Å². The van der Waals surface area contributed by atoms with E-state index in [-0.39, 0.29) is 6.04 Å². The maximum Gasteiger partial charge on any atom is 0.266 e. The molecule has 1 saturated heterocycles. The molecule has 3 rings (SSSR count). The molecule has 1 atom stereocenters. The second-order valence-corrected chi connectivity index (χ2v) is 5.20. The van der Waals surface area contributed by atoms with Crippen LogP contribution in [0, 0.1) is 5.92 Å². The molecule has 17 heavy (non-hydrogen) atoms. The SMILES string of the molecule is NC(c1nc(N2CCCCCC2)no1)C1CC1. The molecule has 2 fully saturated rings. The standard InChI is InChI=1S/C12H20N4O/c13-10(9-5-6-9)11-14-12(15-17-11)16-7-3-1-2-4-8-16/h9-10H,1-8,13H2. The summed E-state index contributed by atoms with van der Waals surface area (Å²) in [6.07, 6.45) is 7.45. The minimum Gasteiger partial charge on any atom is -0.338 e. The first kappa shape index (κ1) is 11.0. The van der Waals surface area contributed by atoms with E-state index in [4.69, 9.17) is 10.3 Å². The fraction of sp³-hybridized carbons (Fsp3) is 0.833. The van der Waals surface area contributed by atoms with E-state index in [0.29, 0.717) is 11.8 Å². The van der Waals surface area contributed by atoms with Crippen molar-refractivity contribution in [3.8, 4) is 0 Å². The van der Waals surface area contributed by atoms with Crippen LogP contribution in [0.15, 0.2) is 4.52 Å².